The van der Waals surface area contributed by atoms with Crippen molar-refractivity contribution in [3.63, 3.8) is 0 Å². The molecular formula is C20H16O8. The molecule has 0 aliphatic carbocycles. The molecule has 0 aromatic heterocycles. The van der Waals surface area contributed by atoms with Gasteiger partial charge in [0.15, 0.2) is 28.8 Å². The Hall–Kier alpha value is -3.26. The minimum Gasteiger partial charge on any atom is -0.465 e. The van der Waals surface area contributed by atoms with E-state index in [0.717, 1.165) is 0 Å². The van der Waals surface area contributed by atoms with Crippen LogP contribution in [0, 0.1) is 11.8 Å². The molecule has 0 bridgehead atoms. The molecule has 5 rings (SSSR count). The third kappa shape index (κ3) is 2.65. The van der Waals surface area contributed by atoms with Gasteiger partial charge in [-0.15, -0.1) is 0 Å². The number of benzene rings is 2. The number of hydrogen-bond donors (Lipinski definition) is 1. The zero-order chi connectivity index (χ0) is 19.3. The second kappa shape index (κ2) is 6.42. The summed E-state index contributed by atoms with van der Waals surface area (Å²) in [5.74, 6) is -0.805. The molecule has 2 aromatic carbocycles. The van der Waals surface area contributed by atoms with Gasteiger partial charge in [0.2, 0.25) is 13.6 Å². The van der Waals surface area contributed by atoms with Gasteiger partial charge in [-0.2, -0.15) is 0 Å². The van der Waals surface area contributed by atoms with Gasteiger partial charge in [-0.25, -0.2) is 0 Å². The van der Waals surface area contributed by atoms with Crippen molar-refractivity contribution in [2.45, 2.75) is 6.10 Å². The average Bonchev–Trinajstić information content (AvgIpc) is 3.44. The predicted molar refractivity (Wildman–Crippen MR) is 92.4 cm³/mol. The summed E-state index contributed by atoms with van der Waals surface area (Å²) in [5.41, 5.74) is 0.826. The first-order valence-corrected chi connectivity index (χ1v) is 8.80. The van der Waals surface area contributed by atoms with Crippen LogP contribution >= 0.6 is 0 Å². The molecule has 8 heteroatoms. The van der Waals surface area contributed by atoms with Crippen LogP contribution in [0.15, 0.2) is 36.4 Å². The number of aliphatic hydroxyl groups excluding tert-OH is 1. The number of carbonyl (C=O) groups excluding carboxylic acids is 2. The molecule has 8 nitrogen and oxygen atoms in total. The molecule has 3 atom stereocenters. The summed E-state index contributed by atoms with van der Waals surface area (Å²) in [6, 6.07) is 9.76. The van der Waals surface area contributed by atoms with Crippen molar-refractivity contribution < 1.29 is 38.4 Å². The maximum Gasteiger partial charge on any atom is 0.317 e. The molecular weight excluding hydrogens is 368 g/mol. The Morgan fingerprint density at radius 3 is 2.29 bits per heavy atom. The van der Waals surface area contributed by atoms with Gasteiger partial charge in [-0.05, 0) is 35.9 Å². The molecule has 3 aliphatic rings. The molecule has 144 valence electrons. The standard InChI is InChI=1S/C20H16O8/c21-18(10-1-3-13-15(5-10)27-8-25-13)12-7-24-20(23)17(12)19(22)11-2-4-14-16(6-11)28-9-26-14/h1-6,12,17-18,21H,7-9H2/t12-,17-,18+/m0/s1. The summed E-state index contributed by atoms with van der Waals surface area (Å²) in [6.45, 7) is 0.157. The number of carbonyl (C=O) groups is 2. The molecule has 3 heterocycles. The molecule has 0 unspecified atom stereocenters. The maximum atomic E-state index is 13.0. The van der Waals surface area contributed by atoms with Crippen molar-refractivity contribution in [2.75, 3.05) is 20.2 Å². The second-order valence-corrected chi connectivity index (χ2v) is 6.76. The van der Waals surface area contributed by atoms with Crippen LogP contribution in [0.5, 0.6) is 23.0 Å². The number of ketones is 1. The van der Waals surface area contributed by atoms with Gasteiger partial charge in [0, 0.05) is 11.5 Å². The Kier molecular flexibility index (Phi) is 3.87. The lowest BCUT2D eigenvalue weighted by Gasteiger charge is -2.21. The summed E-state index contributed by atoms with van der Waals surface area (Å²) in [6.07, 6.45) is -1.08. The third-order valence-electron chi connectivity index (χ3n) is 5.18. The lowest BCUT2D eigenvalue weighted by Crippen LogP contribution is -2.30. The van der Waals surface area contributed by atoms with Gasteiger partial charge in [0.05, 0.1) is 12.7 Å². The molecule has 0 radical (unpaired) electrons. The molecule has 0 saturated carbocycles. The fourth-order valence-electron chi connectivity index (χ4n) is 3.69. The lowest BCUT2D eigenvalue weighted by molar-refractivity contribution is -0.140. The van der Waals surface area contributed by atoms with Crippen molar-refractivity contribution in [3.05, 3.63) is 47.5 Å². The van der Waals surface area contributed by atoms with Crippen LogP contribution in [0.4, 0.5) is 0 Å². The molecule has 28 heavy (non-hydrogen) atoms. The number of Topliss-reactive ketones (excluding diaryl/α,β-unsaturated/α-hetero) is 1. The first-order chi connectivity index (χ1) is 13.6. The highest BCUT2D eigenvalue weighted by molar-refractivity contribution is 6.10. The topological polar surface area (TPSA) is 101 Å². The van der Waals surface area contributed by atoms with Crippen LogP contribution < -0.4 is 18.9 Å². The van der Waals surface area contributed by atoms with Crippen LogP contribution in [-0.2, 0) is 9.53 Å². The van der Waals surface area contributed by atoms with E-state index in [9.17, 15) is 14.7 Å². The van der Waals surface area contributed by atoms with Gasteiger partial charge in [-0.3, -0.25) is 9.59 Å². The van der Waals surface area contributed by atoms with E-state index in [-0.39, 0.29) is 20.2 Å². The SMILES string of the molecule is O=C1OC[C@H]([C@H](O)c2ccc3c(c2)OCO3)[C@H]1C(=O)c1ccc2c(c1)OCO2. The van der Waals surface area contributed by atoms with Crippen molar-refractivity contribution in [3.8, 4) is 23.0 Å². The van der Waals surface area contributed by atoms with Crippen LogP contribution in [0.1, 0.15) is 22.0 Å². The van der Waals surface area contributed by atoms with Gasteiger partial charge < -0.3 is 28.8 Å². The fraction of sp³-hybridized carbons (Fsp3) is 0.300. The summed E-state index contributed by atoms with van der Waals surface area (Å²) in [7, 11) is 0. The number of ether oxygens (including phenoxy) is 5. The van der Waals surface area contributed by atoms with Crippen molar-refractivity contribution in [1.29, 1.82) is 0 Å². The van der Waals surface area contributed by atoms with E-state index < -0.39 is 29.7 Å². The van der Waals surface area contributed by atoms with Crippen molar-refractivity contribution >= 4 is 11.8 Å². The first-order valence-electron chi connectivity index (χ1n) is 8.80. The van der Waals surface area contributed by atoms with Crippen LogP contribution in [0.2, 0.25) is 0 Å². The van der Waals surface area contributed by atoms with Crippen molar-refractivity contribution in [2.24, 2.45) is 11.8 Å². The molecule has 0 spiro atoms. The van der Waals surface area contributed by atoms with Crippen molar-refractivity contribution in [1.82, 2.24) is 0 Å². The Bertz CT molecular complexity index is 969. The van der Waals surface area contributed by atoms with Gasteiger partial charge in [-0.1, -0.05) is 6.07 Å². The zero-order valence-electron chi connectivity index (χ0n) is 14.6. The number of esters is 1. The Morgan fingerprint density at radius 1 is 0.893 bits per heavy atom. The van der Waals surface area contributed by atoms with Crippen LogP contribution in [-0.4, -0.2) is 37.1 Å². The maximum absolute atomic E-state index is 13.0. The number of rotatable bonds is 4. The number of aliphatic hydroxyl groups is 1. The van der Waals surface area contributed by atoms with Crippen LogP contribution in [0.3, 0.4) is 0 Å². The molecule has 3 aliphatic heterocycles. The summed E-state index contributed by atoms with van der Waals surface area (Å²) in [4.78, 5) is 25.3. The molecule has 1 fully saturated rings. The smallest absolute Gasteiger partial charge is 0.317 e. The van der Waals surface area contributed by atoms with Gasteiger partial charge in [0.1, 0.15) is 5.92 Å². The second-order valence-electron chi connectivity index (χ2n) is 6.76. The Balaban J connectivity index is 1.43. The summed E-state index contributed by atoms with van der Waals surface area (Å²) >= 11 is 0. The van der Waals surface area contributed by atoms with Gasteiger partial charge in [0.25, 0.3) is 0 Å². The van der Waals surface area contributed by atoms with E-state index in [4.69, 9.17) is 23.7 Å². The van der Waals surface area contributed by atoms with E-state index in [1.165, 1.54) is 0 Å². The fourth-order valence-corrected chi connectivity index (χ4v) is 3.69. The largest absolute Gasteiger partial charge is 0.465 e. The number of fused-ring (bicyclic) bond motifs is 2. The molecule has 0 amide bonds. The quantitative estimate of drug-likeness (QED) is 0.484. The highest BCUT2D eigenvalue weighted by Crippen LogP contribution is 2.41. The minimum atomic E-state index is -1.11. The van der Waals surface area contributed by atoms with Crippen LogP contribution in [0.25, 0.3) is 0 Å². The first kappa shape index (κ1) is 16.9. The monoisotopic (exact) mass is 384 g/mol. The van der Waals surface area contributed by atoms with E-state index in [2.05, 4.69) is 0 Å². The number of cyclic esters (lactones) is 1. The summed E-state index contributed by atoms with van der Waals surface area (Å²) in [5, 5.41) is 10.9. The molecule has 1 N–H and O–H groups in total. The highest BCUT2D eigenvalue weighted by Gasteiger charge is 2.46. The minimum absolute atomic E-state index is 0.0462. The Morgan fingerprint density at radius 2 is 1.54 bits per heavy atom. The number of hydrogen-bond acceptors (Lipinski definition) is 8. The predicted octanol–water partition coefficient (Wildman–Crippen LogP) is 1.85. The highest BCUT2D eigenvalue weighted by atomic mass is 16.7. The zero-order valence-corrected chi connectivity index (χ0v) is 14.6. The average molecular weight is 384 g/mol. The van der Waals surface area contributed by atoms with Gasteiger partial charge >= 0.3 is 5.97 Å². The van der Waals surface area contributed by atoms with E-state index in [1.807, 2.05) is 0 Å². The Labute approximate surface area is 159 Å². The lowest BCUT2D eigenvalue weighted by atomic mass is 9.82. The molecule has 2 aromatic rings. The van der Waals surface area contributed by atoms with E-state index >= 15 is 0 Å². The summed E-state index contributed by atoms with van der Waals surface area (Å²) < 4.78 is 26.3. The normalized spacial score (nSPS) is 22.8. The van der Waals surface area contributed by atoms with E-state index in [1.54, 1.807) is 36.4 Å². The third-order valence-corrected chi connectivity index (χ3v) is 5.18. The van der Waals surface area contributed by atoms with E-state index in [0.29, 0.717) is 34.1 Å². The molecule has 1 saturated heterocycles.